The van der Waals surface area contributed by atoms with E-state index in [9.17, 15) is 9.59 Å². The van der Waals surface area contributed by atoms with Crippen molar-refractivity contribution < 1.29 is 9.59 Å². The highest BCUT2D eigenvalue weighted by Gasteiger charge is 2.26. The third kappa shape index (κ3) is 4.09. The molecule has 0 atom stereocenters. The monoisotopic (exact) mass is 316 g/mol. The SMILES string of the molecule is CCCC=CC(=N)C(=O)N1CCN(C(=O)c2cccn2C)CC1. The number of nitrogens with zero attached hydrogens (tertiary/aromatic N) is 3. The molecule has 124 valence electrons. The van der Waals surface area contributed by atoms with E-state index in [-0.39, 0.29) is 17.5 Å². The molecule has 6 heteroatoms. The lowest BCUT2D eigenvalue weighted by Gasteiger charge is -2.34. The second-order valence-electron chi connectivity index (χ2n) is 5.69. The molecule has 0 aromatic carbocycles. The van der Waals surface area contributed by atoms with Crippen LogP contribution >= 0.6 is 0 Å². The summed E-state index contributed by atoms with van der Waals surface area (Å²) < 4.78 is 1.80. The first-order valence-electron chi connectivity index (χ1n) is 7.99. The van der Waals surface area contributed by atoms with E-state index < -0.39 is 0 Å². The molecule has 0 radical (unpaired) electrons. The van der Waals surface area contributed by atoms with Crippen molar-refractivity contribution in [2.45, 2.75) is 19.8 Å². The predicted molar refractivity (Wildman–Crippen MR) is 89.7 cm³/mol. The quantitative estimate of drug-likeness (QED) is 0.840. The standard InChI is InChI=1S/C17H24N4O2/c1-3-4-5-7-14(18)16(22)20-10-12-21(13-11-20)17(23)15-8-6-9-19(15)2/h5-9,18H,3-4,10-13H2,1-2H3. The molecule has 0 unspecified atom stereocenters. The average molecular weight is 316 g/mol. The number of carbonyl (C=O) groups is 2. The maximum atomic E-state index is 12.4. The number of amides is 2. The Labute approximate surface area is 136 Å². The second kappa shape index (κ2) is 7.76. The van der Waals surface area contributed by atoms with Crippen LogP contribution in [0.1, 0.15) is 30.3 Å². The number of hydrogen-bond donors (Lipinski definition) is 1. The summed E-state index contributed by atoms with van der Waals surface area (Å²) in [6.07, 6.45) is 7.15. The van der Waals surface area contributed by atoms with Gasteiger partial charge in [0.05, 0.1) is 0 Å². The molecule has 23 heavy (non-hydrogen) atoms. The molecule has 1 saturated heterocycles. The summed E-state index contributed by atoms with van der Waals surface area (Å²) in [4.78, 5) is 28.0. The maximum Gasteiger partial charge on any atom is 0.271 e. The molecule has 1 aliphatic rings. The minimum Gasteiger partial charge on any atom is -0.347 e. The van der Waals surface area contributed by atoms with Crippen LogP contribution in [0.5, 0.6) is 0 Å². The normalized spacial score (nSPS) is 15.2. The summed E-state index contributed by atoms with van der Waals surface area (Å²) in [5.74, 6) is -0.272. The number of allylic oxidation sites excluding steroid dienone is 1. The third-order valence-electron chi connectivity index (χ3n) is 3.99. The Hall–Kier alpha value is -2.37. The lowest BCUT2D eigenvalue weighted by molar-refractivity contribution is -0.125. The third-order valence-corrected chi connectivity index (χ3v) is 3.99. The number of unbranched alkanes of at least 4 members (excludes halogenated alkanes) is 1. The minimum absolute atomic E-state index is 0.0116. The Morgan fingerprint density at radius 1 is 1.22 bits per heavy atom. The first kappa shape index (κ1) is 17.0. The van der Waals surface area contributed by atoms with Crippen molar-refractivity contribution in [1.82, 2.24) is 14.4 Å². The number of carbonyl (C=O) groups excluding carboxylic acids is 2. The number of piperazine rings is 1. The van der Waals surface area contributed by atoms with E-state index in [0.717, 1.165) is 12.8 Å². The lowest BCUT2D eigenvalue weighted by atomic mass is 10.2. The molecule has 2 amide bonds. The number of aryl methyl sites for hydroxylation is 1. The minimum atomic E-state index is -0.261. The largest absolute Gasteiger partial charge is 0.347 e. The van der Waals surface area contributed by atoms with E-state index in [1.807, 2.05) is 25.4 Å². The van der Waals surface area contributed by atoms with E-state index in [1.165, 1.54) is 0 Å². The molecule has 0 aliphatic carbocycles. The number of hydrogen-bond acceptors (Lipinski definition) is 3. The second-order valence-corrected chi connectivity index (χ2v) is 5.69. The van der Waals surface area contributed by atoms with Gasteiger partial charge in [0, 0.05) is 39.4 Å². The molecule has 6 nitrogen and oxygen atoms in total. The van der Waals surface area contributed by atoms with Gasteiger partial charge in [-0.1, -0.05) is 19.4 Å². The van der Waals surface area contributed by atoms with Gasteiger partial charge < -0.3 is 14.4 Å². The van der Waals surface area contributed by atoms with Crippen LogP contribution in [-0.4, -0.2) is 58.1 Å². The molecule has 0 saturated carbocycles. The van der Waals surface area contributed by atoms with Crippen LogP contribution < -0.4 is 0 Å². The van der Waals surface area contributed by atoms with Crippen LogP contribution in [0.25, 0.3) is 0 Å². The fourth-order valence-electron chi connectivity index (χ4n) is 2.57. The fraction of sp³-hybridized carbons (Fsp3) is 0.471. The van der Waals surface area contributed by atoms with E-state index in [0.29, 0.717) is 31.9 Å². The van der Waals surface area contributed by atoms with Crippen molar-refractivity contribution in [3.63, 3.8) is 0 Å². The summed E-state index contributed by atoms with van der Waals surface area (Å²) in [6.45, 7) is 4.00. The zero-order chi connectivity index (χ0) is 16.8. The topological polar surface area (TPSA) is 69.4 Å². The zero-order valence-corrected chi connectivity index (χ0v) is 13.8. The Balaban J connectivity index is 1.88. The molecule has 1 aromatic rings. The van der Waals surface area contributed by atoms with Crippen LogP contribution in [0.15, 0.2) is 30.5 Å². The van der Waals surface area contributed by atoms with Gasteiger partial charge in [-0.25, -0.2) is 0 Å². The van der Waals surface area contributed by atoms with Gasteiger partial charge in [-0.3, -0.25) is 15.0 Å². The molecule has 0 spiro atoms. The van der Waals surface area contributed by atoms with Crippen molar-refractivity contribution in [3.05, 3.63) is 36.2 Å². The first-order chi connectivity index (χ1) is 11.0. The van der Waals surface area contributed by atoms with Crippen LogP contribution in [0, 0.1) is 5.41 Å². The van der Waals surface area contributed by atoms with Gasteiger partial charge >= 0.3 is 0 Å². The fourth-order valence-corrected chi connectivity index (χ4v) is 2.57. The van der Waals surface area contributed by atoms with Crippen molar-refractivity contribution >= 4 is 17.5 Å². The molecule has 1 aliphatic heterocycles. The molecule has 1 aromatic heterocycles. The summed E-state index contributed by atoms with van der Waals surface area (Å²) in [7, 11) is 1.84. The highest BCUT2D eigenvalue weighted by Crippen LogP contribution is 2.09. The van der Waals surface area contributed by atoms with Crippen molar-refractivity contribution in [3.8, 4) is 0 Å². The highest BCUT2D eigenvalue weighted by molar-refractivity contribution is 6.41. The van der Waals surface area contributed by atoms with Gasteiger partial charge in [0.15, 0.2) is 0 Å². The zero-order valence-electron chi connectivity index (χ0n) is 13.8. The molecular formula is C17H24N4O2. The first-order valence-corrected chi connectivity index (χ1v) is 7.99. The average Bonchev–Trinajstić information content (AvgIpc) is 3.00. The smallest absolute Gasteiger partial charge is 0.271 e. The van der Waals surface area contributed by atoms with Crippen molar-refractivity contribution in [2.75, 3.05) is 26.2 Å². The summed E-state index contributed by atoms with van der Waals surface area (Å²) in [5, 5.41) is 7.82. The Bertz CT molecular complexity index is 610. The molecule has 2 heterocycles. The molecular weight excluding hydrogens is 292 g/mol. The van der Waals surface area contributed by atoms with Gasteiger partial charge in [0.1, 0.15) is 11.4 Å². The highest BCUT2D eigenvalue weighted by atomic mass is 16.2. The Morgan fingerprint density at radius 2 is 1.87 bits per heavy atom. The van der Waals surface area contributed by atoms with Gasteiger partial charge in [0.2, 0.25) is 0 Å². The van der Waals surface area contributed by atoms with E-state index in [2.05, 4.69) is 6.92 Å². The van der Waals surface area contributed by atoms with E-state index in [4.69, 9.17) is 5.41 Å². The summed E-state index contributed by atoms with van der Waals surface area (Å²) >= 11 is 0. The van der Waals surface area contributed by atoms with Gasteiger partial charge in [0.25, 0.3) is 11.8 Å². The number of aromatic nitrogens is 1. The van der Waals surface area contributed by atoms with Crippen LogP contribution in [0.2, 0.25) is 0 Å². The van der Waals surface area contributed by atoms with Gasteiger partial charge in [-0.2, -0.15) is 0 Å². The van der Waals surface area contributed by atoms with E-state index >= 15 is 0 Å². The molecule has 1 N–H and O–H groups in total. The molecule has 0 bridgehead atoms. The van der Waals surface area contributed by atoms with Gasteiger partial charge in [-0.15, -0.1) is 0 Å². The van der Waals surface area contributed by atoms with E-state index in [1.54, 1.807) is 26.5 Å². The Kier molecular flexibility index (Phi) is 5.73. The maximum absolute atomic E-state index is 12.4. The van der Waals surface area contributed by atoms with Crippen molar-refractivity contribution in [2.24, 2.45) is 7.05 Å². The van der Waals surface area contributed by atoms with Gasteiger partial charge in [-0.05, 0) is 24.6 Å². The summed E-state index contributed by atoms with van der Waals surface area (Å²) in [5.41, 5.74) is 0.667. The number of nitrogens with one attached hydrogen (secondary N) is 1. The van der Waals surface area contributed by atoms with Crippen molar-refractivity contribution in [1.29, 1.82) is 5.41 Å². The summed E-state index contributed by atoms with van der Waals surface area (Å²) in [6, 6.07) is 3.64. The predicted octanol–water partition coefficient (Wildman–Crippen LogP) is 1.69. The van der Waals surface area contributed by atoms with Crippen LogP contribution in [-0.2, 0) is 11.8 Å². The molecule has 2 rings (SSSR count). The number of rotatable bonds is 5. The van der Waals surface area contributed by atoms with Crippen LogP contribution in [0.3, 0.4) is 0 Å². The molecule has 1 fully saturated rings. The lowest BCUT2D eigenvalue weighted by Crippen LogP contribution is -2.52. The Morgan fingerprint density at radius 3 is 2.43 bits per heavy atom. The van der Waals surface area contributed by atoms with Crippen LogP contribution in [0.4, 0.5) is 0 Å².